The van der Waals surface area contributed by atoms with E-state index in [4.69, 9.17) is 9.47 Å². The summed E-state index contributed by atoms with van der Waals surface area (Å²) in [6.45, 7) is 0.451. The number of hydrogen-bond donors (Lipinski definition) is 1. The number of rotatable bonds is 7. The molecule has 0 saturated carbocycles. The van der Waals surface area contributed by atoms with Crippen molar-refractivity contribution in [2.75, 3.05) is 13.2 Å². The molecule has 26 heavy (non-hydrogen) atoms. The van der Waals surface area contributed by atoms with Gasteiger partial charge in [0.25, 0.3) is 0 Å². The highest BCUT2D eigenvalue weighted by molar-refractivity contribution is 5.47. The molecule has 3 aromatic carbocycles. The highest BCUT2D eigenvalue weighted by Crippen LogP contribution is 2.41. The van der Waals surface area contributed by atoms with E-state index in [1.807, 2.05) is 54.6 Å². The molecule has 1 heterocycles. The van der Waals surface area contributed by atoms with Gasteiger partial charge in [0.15, 0.2) is 0 Å². The van der Waals surface area contributed by atoms with E-state index in [1.165, 1.54) is 0 Å². The topological polar surface area (TPSA) is 42.0 Å². The third-order valence-electron chi connectivity index (χ3n) is 4.87. The minimum absolute atomic E-state index is 0.0308. The first kappa shape index (κ1) is 17.0. The van der Waals surface area contributed by atoms with E-state index in [0.29, 0.717) is 6.61 Å². The van der Waals surface area contributed by atoms with Gasteiger partial charge >= 0.3 is 0 Å². The van der Waals surface area contributed by atoms with Crippen molar-refractivity contribution in [3.05, 3.63) is 108 Å². The average molecular weight is 346 g/mol. The van der Waals surface area contributed by atoms with E-state index in [9.17, 15) is 5.11 Å². The fraction of sp³-hybridized carbons (Fsp3) is 0.217. The van der Waals surface area contributed by atoms with E-state index in [-0.39, 0.29) is 18.8 Å². The fourth-order valence-electron chi connectivity index (χ4n) is 3.46. The second-order valence-corrected chi connectivity index (χ2v) is 6.49. The summed E-state index contributed by atoms with van der Waals surface area (Å²) >= 11 is 0. The van der Waals surface area contributed by atoms with Crippen LogP contribution in [-0.2, 0) is 15.1 Å². The Morgan fingerprint density at radius 1 is 0.692 bits per heavy atom. The van der Waals surface area contributed by atoms with Gasteiger partial charge in [-0.15, -0.1) is 0 Å². The summed E-state index contributed by atoms with van der Waals surface area (Å²) in [5.74, 6) is 0. The maximum atomic E-state index is 9.28. The Balaban J connectivity index is 1.83. The lowest BCUT2D eigenvalue weighted by Gasteiger charge is -2.35. The Bertz CT molecular complexity index is 721. The third kappa shape index (κ3) is 3.17. The smallest absolute Gasteiger partial charge is 0.143 e. The molecule has 1 fully saturated rings. The van der Waals surface area contributed by atoms with Crippen LogP contribution in [0.4, 0.5) is 0 Å². The van der Waals surface area contributed by atoms with Crippen LogP contribution in [0.5, 0.6) is 0 Å². The van der Waals surface area contributed by atoms with E-state index in [1.54, 1.807) is 0 Å². The number of epoxide rings is 1. The molecule has 1 saturated heterocycles. The molecule has 0 aliphatic carbocycles. The number of hydrogen-bond acceptors (Lipinski definition) is 3. The summed E-state index contributed by atoms with van der Waals surface area (Å²) in [5.41, 5.74) is 2.48. The lowest BCUT2D eigenvalue weighted by molar-refractivity contribution is 0.00425. The van der Waals surface area contributed by atoms with Crippen LogP contribution in [0.15, 0.2) is 91.0 Å². The minimum atomic E-state index is -0.726. The van der Waals surface area contributed by atoms with Crippen LogP contribution in [0.3, 0.4) is 0 Å². The standard InChI is InChI=1S/C23H22O3/c24-16-21-22(26-21)17-25-23(18-10-4-1-5-11-18,19-12-6-2-7-13-19)20-14-8-3-9-15-20/h1-15,21-22,24H,16-17H2. The Morgan fingerprint density at radius 2 is 1.12 bits per heavy atom. The first-order chi connectivity index (χ1) is 12.8. The fourth-order valence-corrected chi connectivity index (χ4v) is 3.46. The van der Waals surface area contributed by atoms with Crippen LogP contribution < -0.4 is 0 Å². The van der Waals surface area contributed by atoms with Gasteiger partial charge in [-0.2, -0.15) is 0 Å². The van der Waals surface area contributed by atoms with Crippen molar-refractivity contribution >= 4 is 0 Å². The first-order valence-corrected chi connectivity index (χ1v) is 8.91. The maximum absolute atomic E-state index is 9.28. The van der Waals surface area contributed by atoms with Gasteiger partial charge < -0.3 is 14.6 Å². The monoisotopic (exact) mass is 346 g/mol. The predicted molar refractivity (Wildman–Crippen MR) is 101 cm³/mol. The summed E-state index contributed by atoms with van der Waals surface area (Å²) < 4.78 is 12.1. The van der Waals surface area contributed by atoms with Crippen molar-refractivity contribution in [1.82, 2.24) is 0 Å². The second-order valence-electron chi connectivity index (χ2n) is 6.49. The number of aliphatic hydroxyl groups is 1. The average Bonchev–Trinajstić information content (AvgIpc) is 3.50. The molecule has 0 amide bonds. The Hall–Kier alpha value is -2.46. The molecule has 1 aliphatic heterocycles. The Kier molecular flexibility index (Phi) is 4.85. The van der Waals surface area contributed by atoms with E-state index in [2.05, 4.69) is 36.4 Å². The van der Waals surface area contributed by atoms with Crippen LogP contribution in [0.2, 0.25) is 0 Å². The molecule has 4 rings (SSSR count). The molecule has 2 atom stereocenters. The van der Waals surface area contributed by atoms with Crippen LogP contribution in [-0.4, -0.2) is 30.5 Å². The van der Waals surface area contributed by atoms with Gasteiger partial charge in [0.1, 0.15) is 17.8 Å². The van der Waals surface area contributed by atoms with Gasteiger partial charge in [-0.3, -0.25) is 0 Å². The first-order valence-electron chi connectivity index (χ1n) is 8.91. The van der Waals surface area contributed by atoms with Crippen LogP contribution >= 0.6 is 0 Å². The van der Waals surface area contributed by atoms with Gasteiger partial charge in [-0.25, -0.2) is 0 Å². The molecule has 0 aromatic heterocycles. The molecule has 2 unspecified atom stereocenters. The highest BCUT2D eigenvalue weighted by Gasteiger charge is 2.43. The van der Waals surface area contributed by atoms with Gasteiger partial charge in [0.05, 0.1) is 13.2 Å². The number of ether oxygens (including phenoxy) is 2. The van der Waals surface area contributed by atoms with Crippen molar-refractivity contribution in [3.63, 3.8) is 0 Å². The van der Waals surface area contributed by atoms with Crippen molar-refractivity contribution in [1.29, 1.82) is 0 Å². The minimum Gasteiger partial charge on any atom is -0.394 e. The summed E-state index contributed by atoms with van der Waals surface area (Å²) in [4.78, 5) is 0. The maximum Gasteiger partial charge on any atom is 0.143 e. The molecule has 132 valence electrons. The quantitative estimate of drug-likeness (QED) is 0.523. The molecule has 3 heteroatoms. The zero-order valence-electron chi connectivity index (χ0n) is 14.5. The lowest BCUT2D eigenvalue weighted by atomic mass is 9.80. The van der Waals surface area contributed by atoms with Crippen molar-refractivity contribution in [2.24, 2.45) is 0 Å². The van der Waals surface area contributed by atoms with Gasteiger partial charge in [-0.1, -0.05) is 91.0 Å². The second kappa shape index (κ2) is 7.42. The SMILES string of the molecule is OCC1OC1COC(c1ccccc1)(c1ccccc1)c1ccccc1. The number of aliphatic hydroxyl groups excluding tert-OH is 1. The van der Waals surface area contributed by atoms with Crippen molar-refractivity contribution < 1.29 is 14.6 Å². The molecule has 0 bridgehead atoms. The molecular weight excluding hydrogens is 324 g/mol. The largest absolute Gasteiger partial charge is 0.394 e. The third-order valence-corrected chi connectivity index (χ3v) is 4.87. The van der Waals surface area contributed by atoms with Crippen LogP contribution in [0.25, 0.3) is 0 Å². The molecular formula is C23H22O3. The normalized spacial score (nSPS) is 19.3. The molecule has 3 aromatic rings. The summed E-state index contributed by atoms with van der Waals surface area (Å²) in [6.07, 6.45) is -0.175. The molecule has 3 nitrogen and oxygen atoms in total. The zero-order valence-corrected chi connectivity index (χ0v) is 14.5. The highest BCUT2D eigenvalue weighted by atomic mass is 16.6. The van der Waals surface area contributed by atoms with Crippen LogP contribution in [0, 0.1) is 0 Å². The van der Waals surface area contributed by atoms with Gasteiger partial charge in [-0.05, 0) is 16.7 Å². The predicted octanol–water partition coefficient (Wildman–Crippen LogP) is 3.75. The summed E-state index contributed by atoms with van der Waals surface area (Å²) in [7, 11) is 0. The van der Waals surface area contributed by atoms with Crippen molar-refractivity contribution in [2.45, 2.75) is 17.8 Å². The van der Waals surface area contributed by atoms with E-state index < -0.39 is 5.60 Å². The van der Waals surface area contributed by atoms with Gasteiger partial charge in [0, 0.05) is 0 Å². The van der Waals surface area contributed by atoms with Crippen LogP contribution in [0.1, 0.15) is 16.7 Å². The van der Waals surface area contributed by atoms with Gasteiger partial charge in [0.2, 0.25) is 0 Å². The molecule has 0 radical (unpaired) electrons. The zero-order chi connectivity index (χ0) is 17.8. The molecule has 0 spiro atoms. The molecule has 1 aliphatic rings. The summed E-state index contributed by atoms with van der Waals surface area (Å²) in [6, 6.07) is 30.8. The Morgan fingerprint density at radius 3 is 1.46 bits per heavy atom. The lowest BCUT2D eigenvalue weighted by Crippen LogP contribution is -2.34. The van der Waals surface area contributed by atoms with E-state index in [0.717, 1.165) is 16.7 Å². The van der Waals surface area contributed by atoms with E-state index >= 15 is 0 Å². The molecule has 1 N–H and O–H groups in total. The summed E-state index contributed by atoms with van der Waals surface area (Å²) in [5, 5.41) is 9.28. The number of benzene rings is 3. The Labute approximate surface area is 153 Å². The van der Waals surface area contributed by atoms with Crippen molar-refractivity contribution in [3.8, 4) is 0 Å².